The summed E-state index contributed by atoms with van der Waals surface area (Å²) < 4.78 is 0. The zero-order valence-corrected chi connectivity index (χ0v) is 13.9. The van der Waals surface area contributed by atoms with Gasteiger partial charge >= 0.3 is 0 Å². The van der Waals surface area contributed by atoms with Gasteiger partial charge in [0.1, 0.15) is 0 Å². The van der Waals surface area contributed by atoms with Crippen LogP contribution < -0.4 is 5.32 Å². The van der Waals surface area contributed by atoms with Crippen molar-refractivity contribution in [3.63, 3.8) is 0 Å². The Morgan fingerprint density at radius 2 is 2.00 bits per heavy atom. The molecule has 1 fully saturated rings. The molecule has 1 aliphatic rings. The van der Waals surface area contributed by atoms with Gasteiger partial charge in [-0.05, 0) is 44.0 Å². The average molecular weight is 273 g/mol. The van der Waals surface area contributed by atoms with Gasteiger partial charge in [0.25, 0.3) is 0 Å². The molecule has 1 heterocycles. The smallest absolute Gasteiger partial charge is 0.0217 e. The average Bonchev–Trinajstić information content (AvgIpc) is 2.24. The molecule has 0 radical (unpaired) electrons. The van der Waals surface area contributed by atoms with E-state index in [0.29, 0.717) is 17.5 Å². The SMILES string of the molecule is CC(C)CC(CNC1CSCCC1(C)C)N(C)C. The standard InChI is InChI=1S/C15H32N2S/c1-12(2)9-13(17(5)6)10-16-14-11-18-8-7-15(14,3)4/h12-14,16H,7-11H2,1-6H3. The third-order valence-corrected chi connectivity index (χ3v) is 5.25. The van der Waals surface area contributed by atoms with Gasteiger partial charge in [0, 0.05) is 24.4 Å². The molecule has 0 saturated carbocycles. The maximum Gasteiger partial charge on any atom is 0.0217 e. The molecule has 1 saturated heterocycles. The summed E-state index contributed by atoms with van der Waals surface area (Å²) in [6.45, 7) is 10.6. The summed E-state index contributed by atoms with van der Waals surface area (Å²) in [6, 6.07) is 1.33. The van der Waals surface area contributed by atoms with E-state index in [4.69, 9.17) is 0 Å². The van der Waals surface area contributed by atoms with Crippen LogP contribution in [0.3, 0.4) is 0 Å². The zero-order chi connectivity index (χ0) is 13.8. The summed E-state index contributed by atoms with van der Waals surface area (Å²) in [5.41, 5.74) is 0.458. The molecule has 0 aromatic rings. The lowest BCUT2D eigenvalue weighted by atomic mass is 9.82. The van der Waals surface area contributed by atoms with Gasteiger partial charge in [0.15, 0.2) is 0 Å². The predicted octanol–water partition coefficient (Wildman–Crippen LogP) is 3.08. The highest BCUT2D eigenvalue weighted by atomic mass is 32.2. The molecule has 3 heteroatoms. The second kappa shape index (κ2) is 7.16. The fourth-order valence-electron chi connectivity index (χ4n) is 2.57. The summed E-state index contributed by atoms with van der Waals surface area (Å²) >= 11 is 2.10. The van der Waals surface area contributed by atoms with Crippen LogP contribution in [0.5, 0.6) is 0 Å². The Kier molecular flexibility index (Phi) is 6.49. The third kappa shape index (κ3) is 5.10. The fraction of sp³-hybridized carbons (Fsp3) is 1.00. The van der Waals surface area contributed by atoms with Crippen LogP contribution in [0.15, 0.2) is 0 Å². The molecule has 0 aromatic carbocycles. The molecule has 0 bridgehead atoms. The van der Waals surface area contributed by atoms with E-state index in [1.807, 2.05) is 0 Å². The first-order chi connectivity index (χ1) is 8.33. The molecule has 1 aliphatic heterocycles. The first-order valence-corrected chi connectivity index (χ1v) is 8.46. The van der Waals surface area contributed by atoms with E-state index in [9.17, 15) is 0 Å². The van der Waals surface area contributed by atoms with Crippen molar-refractivity contribution in [2.75, 3.05) is 32.1 Å². The Labute approximate surface area is 118 Å². The van der Waals surface area contributed by atoms with E-state index in [0.717, 1.165) is 12.5 Å². The Morgan fingerprint density at radius 1 is 1.33 bits per heavy atom. The summed E-state index contributed by atoms with van der Waals surface area (Å²) in [7, 11) is 4.41. The number of nitrogens with one attached hydrogen (secondary N) is 1. The largest absolute Gasteiger partial charge is 0.311 e. The molecular weight excluding hydrogens is 240 g/mol. The summed E-state index contributed by atoms with van der Waals surface area (Å²) in [5.74, 6) is 3.37. The van der Waals surface area contributed by atoms with E-state index in [-0.39, 0.29) is 0 Å². The third-order valence-electron chi connectivity index (χ3n) is 4.19. The normalized spacial score (nSPS) is 25.7. The molecular formula is C15H32N2S. The van der Waals surface area contributed by atoms with E-state index >= 15 is 0 Å². The molecule has 108 valence electrons. The lowest BCUT2D eigenvalue weighted by Gasteiger charge is -2.40. The van der Waals surface area contributed by atoms with E-state index in [1.54, 1.807) is 0 Å². The van der Waals surface area contributed by atoms with Gasteiger partial charge in [-0.15, -0.1) is 0 Å². The first-order valence-electron chi connectivity index (χ1n) is 7.30. The highest BCUT2D eigenvalue weighted by Crippen LogP contribution is 2.34. The molecule has 0 amide bonds. The first kappa shape index (κ1) is 16.3. The Morgan fingerprint density at radius 3 is 2.50 bits per heavy atom. The van der Waals surface area contributed by atoms with Crippen molar-refractivity contribution in [1.29, 1.82) is 0 Å². The van der Waals surface area contributed by atoms with Gasteiger partial charge < -0.3 is 10.2 Å². The predicted molar refractivity (Wildman–Crippen MR) is 84.4 cm³/mol. The number of rotatable bonds is 6. The van der Waals surface area contributed by atoms with Gasteiger partial charge in [-0.3, -0.25) is 0 Å². The highest BCUT2D eigenvalue weighted by Gasteiger charge is 2.32. The molecule has 0 spiro atoms. The van der Waals surface area contributed by atoms with Crippen molar-refractivity contribution < 1.29 is 0 Å². The van der Waals surface area contributed by atoms with Crippen molar-refractivity contribution in [2.45, 2.75) is 52.6 Å². The van der Waals surface area contributed by atoms with Crippen LogP contribution in [0.4, 0.5) is 0 Å². The lowest BCUT2D eigenvalue weighted by Crippen LogP contribution is -2.51. The second-order valence-corrected chi connectivity index (χ2v) is 8.17. The molecule has 0 aromatic heterocycles. The topological polar surface area (TPSA) is 15.3 Å². The number of nitrogens with zero attached hydrogens (tertiary/aromatic N) is 1. The maximum absolute atomic E-state index is 3.84. The quantitative estimate of drug-likeness (QED) is 0.800. The second-order valence-electron chi connectivity index (χ2n) is 7.02. The monoisotopic (exact) mass is 272 g/mol. The molecule has 18 heavy (non-hydrogen) atoms. The minimum atomic E-state index is 0.458. The summed E-state index contributed by atoms with van der Waals surface area (Å²) in [5, 5.41) is 3.84. The van der Waals surface area contributed by atoms with Crippen LogP contribution in [0.25, 0.3) is 0 Å². The van der Waals surface area contributed by atoms with Crippen molar-refractivity contribution in [3.8, 4) is 0 Å². The molecule has 1 N–H and O–H groups in total. The van der Waals surface area contributed by atoms with Crippen LogP contribution in [-0.2, 0) is 0 Å². The van der Waals surface area contributed by atoms with E-state index < -0.39 is 0 Å². The van der Waals surface area contributed by atoms with Crippen LogP contribution in [-0.4, -0.2) is 49.1 Å². The molecule has 1 rings (SSSR count). The number of likely N-dealkylation sites (N-methyl/N-ethyl adjacent to an activating group) is 1. The van der Waals surface area contributed by atoms with Crippen LogP contribution in [0, 0.1) is 11.3 Å². The fourth-order valence-corrected chi connectivity index (χ4v) is 4.21. The van der Waals surface area contributed by atoms with Gasteiger partial charge in [0.2, 0.25) is 0 Å². The van der Waals surface area contributed by atoms with Crippen molar-refractivity contribution in [2.24, 2.45) is 11.3 Å². The zero-order valence-electron chi connectivity index (χ0n) is 13.1. The molecule has 2 atom stereocenters. The van der Waals surface area contributed by atoms with Gasteiger partial charge in [-0.1, -0.05) is 27.7 Å². The number of hydrogen-bond donors (Lipinski definition) is 1. The molecule has 2 nitrogen and oxygen atoms in total. The van der Waals surface area contributed by atoms with Crippen LogP contribution in [0.1, 0.15) is 40.5 Å². The van der Waals surface area contributed by atoms with Crippen molar-refractivity contribution in [1.82, 2.24) is 10.2 Å². The van der Waals surface area contributed by atoms with Gasteiger partial charge in [-0.2, -0.15) is 11.8 Å². The Balaban J connectivity index is 2.45. The van der Waals surface area contributed by atoms with Crippen molar-refractivity contribution >= 4 is 11.8 Å². The van der Waals surface area contributed by atoms with Crippen LogP contribution >= 0.6 is 11.8 Å². The Hall–Kier alpha value is 0.270. The minimum Gasteiger partial charge on any atom is -0.311 e. The number of thioether (sulfide) groups is 1. The summed E-state index contributed by atoms with van der Waals surface area (Å²) in [6.07, 6.45) is 2.62. The molecule has 0 aliphatic carbocycles. The maximum atomic E-state index is 3.84. The lowest BCUT2D eigenvalue weighted by molar-refractivity contribution is 0.201. The molecule has 2 unspecified atom stereocenters. The van der Waals surface area contributed by atoms with Gasteiger partial charge in [0.05, 0.1) is 0 Å². The minimum absolute atomic E-state index is 0.458. The highest BCUT2D eigenvalue weighted by molar-refractivity contribution is 7.99. The number of hydrogen-bond acceptors (Lipinski definition) is 3. The van der Waals surface area contributed by atoms with Gasteiger partial charge in [-0.25, -0.2) is 0 Å². The van der Waals surface area contributed by atoms with E-state index in [2.05, 4.69) is 63.8 Å². The van der Waals surface area contributed by atoms with Crippen molar-refractivity contribution in [3.05, 3.63) is 0 Å². The van der Waals surface area contributed by atoms with E-state index in [1.165, 1.54) is 24.3 Å². The van der Waals surface area contributed by atoms with Crippen LogP contribution in [0.2, 0.25) is 0 Å². The Bertz CT molecular complexity index is 239. The summed E-state index contributed by atoms with van der Waals surface area (Å²) in [4.78, 5) is 2.37.